The van der Waals surface area contributed by atoms with Crippen LogP contribution in [0.15, 0.2) is 24.3 Å². The average molecular weight is 349 g/mol. The van der Waals surface area contributed by atoms with Gasteiger partial charge in [0.2, 0.25) is 5.91 Å². The highest BCUT2D eigenvalue weighted by atomic mass is 19.1. The molecule has 1 aromatic carbocycles. The van der Waals surface area contributed by atoms with Gasteiger partial charge in [0, 0.05) is 38.3 Å². The zero-order chi connectivity index (χ0) is 17.6. The topological polar surface area (TPSA) is 61.9 Å². The summed E-state index contributed by atoms with van der Waals surface area (Å²) in [6.07, 6.45) is 3.21. The lowest BCUT2D eigenvalue weighted by molar-refractivity contribution is -0.135. The lowest BCUT2D eigenvalue weighted by atomic mass is 10.1. The summed E-state index contributed by atoms with van der Waals surface area (Å²) in [6.45, 7) is 2.32. The summed E-state index contributed by atoms with van der Waals surface area (Å²) < 4.78 is 19.3. The molecule has 2 heterocycles. The molecule has 2 saturated heterocycles. The van der Waals surface area contributed by atoms with E-state index in [1.54, 1.807) is 23.1 Å². The highest BCUT2D eigenvalue weighted by Crippen LogP contribution is 2.14. The van der Waals surface area contributed by atoms with Crippen molar-refractivity contribution in [1.29, 1.82) is 0 Å². The largest absolute Gasteiger partial charge is 0.376 e. The Morgan fingerprint density at radius 2 is 2.12 bits per heavy atom. The van der Waals surface area contributed by atoms with Gasteiger partial charge in [-0.25, -0.2) is 9.18 Å². The van der Waals surface area contributed by atoms with Gasteiger partial charge in [-0.2, -0.15) is 0 Å². The van der Waals surface area contributed by atoms with Crippen molar-refractivity contribution in [2.45, 2.75) is 31.9 Å². The zero-order valence-electron chi connectivity index (χ0n) is 14.2. The third-order valence-corrected chi connectivity index (χ3v) is 4.68. The van der Waals surface area contributed by atoms with Crippen molar-refractivity contribution in [3.05, 3.63) is 35.6 Å². The molecule has 0 aliphatic carbocycles. The van der Waals surface area contributed by atoms with Crippen LogP contribution in [0.4, 0.5) is 9.18 Å². The number of piperazine rings is 1. The number of urea groups is 1. The Hall–Kier alpha value is -2.15. The van der Waals surface area contributed by atoms with E-state index in [2.05, 4.69) is 5.32 Å². The molecule has 2 fully saturated rings. The number of amides is 3. The predicted octanol–water partition coefficient (Wildman–Crippen LogP) is 1.75. The molecule has 0 spiro atoms. The molecule has 2 aliphatic heterocycles. The highest BCUT2D eigenvalue weighted by Gasteiger charge is 2.28. The fraction of sp³-hybridized carbons (Fsp3) is 0.556. The summed E-state index contributed by atoms with van der Waals surface area (Å²) in [6, 6.07) is 6.19. The van der Waals surface area contributed by atoms with Gasteiger partial charge in [-0.15, -0.1) is 0 Å². The van der Waals surface area contributed by atoms with Crippen LogP contribution in [0.3, 0.4) is 0 Å². The summed E-state index contributed by atoms with van der Waals surface area (Å²) in [5.74, 6) is -0.485. The van der Waals surface area contributed by atoms with Crippen molar-refractivity contribution >= 4 is 11.9 Å². The van der Waals surface area contributed by atoms with Crippen LogP contribution in [-0.2, 0) is 16.1 Å². The van der Waals surface area contributed by atoms with E-state index in [4.69, 9.17) is 4.74 Å². The van der Waals surface area contributed by atoms with Crippen LogP contribution in [0.5, 0.6) is 0 Å². The van der Waals surface area contributed by atoms with Crippen molar-refractivity contribution in [3.8, 4) is 0 Å². The van der Waals surface area contributed by atoms with E-state index < -0.39 is 0 Å². The molecule has 6 nitrogen and oxygen atoms in total. The molecule has 0 aromatic heterocycles. The molecule has 3 amide bonds. The van der Waals surface area contributed by atoms with Crippen LogP contribution >= 0.6 is 0 Å². The van der Waals surface area contributed by atoms with E-state index in [1.165, 1.54) is 11.0 Å². The summed E-state index contributed by atoms with van der Waals surface area (Å²) >= 11 is 0. The van der Waals surface area contributed by atoms with Gasteiger partial charge in [-0.1, -0.05) is 18.2 Å². The first-order valence-corrected chi connectivity index (χ1v) is 8.79. The fourth-order valence-electron chi connectivity index (χ4n) is 3.16. The van der Waals surface area contributed by atoms with Gasteiger partial charge in [-0.05, 0) is 25.3 Å². The normalized spacial score (nSPS) is 21.3. The van der Waals surface area contributed by atoms with Crippen molar-refractivity contribution < 1.29 is 18.7 Å². The number of hydrogen-bond donors (Lipinski definition) is 1. The molecule has 3 rings (SSSR count). The minimum Gasteiger partial charge on any atom is -0.376 e. The van der Waals surface area contributed by atoms with Gasteiger partial charge < -0.3 is 19.9 Å². The number of carbonyl (C=O) groups is 2. The van der Waals surface area contributed by atoms with Gasteiger partial charge in [0.25, 0.3) is 0 Å². The summed E-state index contributed by atoms with van der Waals surface area (Å²) in [5, 5.41) is 2.85. The number of halogens is 1. The van der Waals surface area contributed by atoms with Crippen LogP contribution in [-0.4, -0.2) is 60.6 Å². The standard InChI is InChI=1S/C18H24FN3O3/c19-16-7-2-1-5-14(16)12-21-8-9-22(13-17(21)23)18(24)20-11-15-6-3-4-10-25-15/h1-2,5,7,15H,3-4,6,8-13H2,(H,20,24)/t15-/m1/s1. The average Bonchev–Trinajstić information content (AvgIpc) is 2.64. The van der Waals surface area contributed by atoms with Crippen LogP contribution in [0, 0.1) is 5.82 Å². The third-order valence-electron chi connectivity index (χ3n) is 4.68. The molecule has 25 heavy (non-hydrogen) atoms. The Morgan fingerprint density at radius 3 is 2.84 bits per heavy atom. The molecular formula is C18H24FN3O3. The Bertz CT molecular complexity index is 619. The second kappa shape index (κ2) is 8.29. The second-order valence-electron chi connectivity index (χ2n) is 6.50. The molecule has 7 heteroatoms. The second-order valence-corrected chi connectivity index (χ2v) is 6.50. The van der Waals surface area contributed by atoms with E-state index in [-0.39, 0.29) is 36.9 Å². The monoisotopic (exact) mass is 349 g/mol. The number of benzene rings is 1. The van der Waals surface area contributed by atoms with E-state index in [1.807, 2.05) is 0 Å². The predicted molar refractivity (Wildman–Crippen MR) is 90.4 cm³/mol. The number of nitrogens with one attached hydrogen (secondary N) is 1. The number of rotatable bonds is 4. The van der Waals surface area contributed by atoms with E-state index in [9.17, 15) is 14.0 Å². The smallest absolute Gasteiger partial charge is 0.318 e. The van der Waals surface area contributed by atoms with Crippen molar-refractivity contribution in [2.75, 3.05) is 32.8 Å². The Morgan fingerprint density at radius 1 is 1.28 bits per heavy atom. The number of nitrogens with zero attached hydrogens (tertiary/aromatic N) is 2. The summed E-state index contributed by atoms with van der Waals surface area (Å²) in [7, 11) is 0. The maximum Gasteiger partial charge on any atom is 0.318 e. The van der Waals surface area contributed by atoms with E-state index in [0.29, 0.717) is 25.2 Å². The molecular weight excluding hydrogens is 325 g/mol. The van der Waals surface area contributed by atoms with Crippen LogP contribution in [0.25, 0.3) is 0 Å². The molecule has 0 radical (unpaired) electrons. The lowest BCUT2D eigenvalue weighted by Gasteiger charge is -2.34. The first-order valence-electron chi connectivity index (χ1n) is 8.79. The minimum atomic E-state index is -0.317. The number of ether oxygens (including phenoxy) is 1. The van der Waals surface area contributed by atoms with Gasteiger partial charge in [0.05, 0.1) is 6.10 Å². The Kier molecular flexibility index (Phi) is 5.86. The minimum absolute atomic E-state index is 0.0197. The molecule has 0 saturated carbocycles. The van der Waals surface area contributed by atoms with Gasteiger partial charge in [0.1, 0.15) is 12.4 Å². The molecule has 0 unspecified atom stereocenters. The van der Waals surface area contributed by atoms with Crippen molar-refractivity contribution in [2.24, 2.45) is 0 Å². The SMILES string of the molecule is O=C1CN(C(=O)NC[C@H]2CCCCO2)CCN1Cc1ccccc1F. The fourth-order valence-corrected chi connectivity index (χ4v) is 3.16. The number of hydrogen-bond acceptors (Lipinski definition) is 3. The van der Waals surface area contributed by atoms with Gasteiger partial charge in [-0.3, -0.25) is 4.79 Å². The zero-order valence-corrected chi connectivity index (χ0v) is 14.2. The maximum absolute atomic E-state index is 13.7. The summed E-state index contributed by atoms with van der Waals surface area (Å²) in [4.78, 5) is 27.6. The van der Waals surface area contributed by atoms with Gasteiger partial charge >= 0.3 is 6.03 Å². The van der Waals surface area contributed by atoms with Crippen LogP contribution < -0.4 is 5.32 Å². The molecule has 0 bridgehead atoms. The van der Waals surface area contributed by atoms with Crippen molar-refractivity contribution in [1.82, 2.24) is 15.1 Å². The molecule has 1 atom stereocenters. The highest BCUT2D eigenvalue weighted by molar-refractivity contribution is 5.85. The maximum atomic E-state index is 13.7. The molecule has 2 aliphatic rings. The van der Waals surface area contributed by atoms with Gasteiger partial charge in [0.15, 0.2) is 0 Å². The van der Waals surface area contributed by atoms with Crippen LogP contribution in [0.1, 0.15) is 24.8 Å². The lowest BCUT2D eigenvalue weighted by Crippen LogP contribution is -2.55. The van der Waals surface area contributed by atoms with Crippen molar-refractivity contribution in [3.63, 3.8) is 0 Å². The summed E-state index contributed by atoms with van der Waals surface area (Å²) in [5.41, 5.74) is 0.489. The van der Waals surface area contributed by atoms with E-state index in [0.717, 1.165) is 25.9 Å². The quantitative estimate of drug-likeness (QED) is 0.901. The molecule has 136 valence electrons. The number of carbonyl (C=O) groups excluding carboxylic acids is 2. The molecule has 1 aromatic rings. The first kappa shape index (κ1) is 17.7. The van der Waals surface area contributed by atoms with E-state index >= 15 is 0 Å². The Labute approximate surface area is 146 Å². The third kappa shape index (κ3) is 4.69. The molecule has 1 N–H and O–H groups in total. The Balaban J connectivity index is 1.46. The first-order chi connectivity index (χ1) is 12.1. The van der Waals surface area contributed by atoms with Crippen LogP contribution in [0.2, 0.25) is 0 Å².